The summed E-state index contributed by atoms with van der Waals surface area (Å²) in [6, 6.07) is 5.36. The van der Waals surface area contributed by atoms with Gasteiger partial charge in [0.2, 0.25) is 0 Å². The highest BCUT2D eigenvalue weighted by atomic mass is 16.4. The van der Waals surface area contributed by atoms with Crippen LogP contribution >= 0.6 is 0 Å². The van der Waals surface area contributed by atoms with Gasteiger partial charge in [-0.2, -0.15) is 0 Å². The van der Waals surface area contributed by atoms with Gasteiger partial charge in [-0.15, -0.1) is 0 Å². The lowest BCUT2D eigenvalue weighted by atomic mass is 9.82. The molecule has 1 aliphatic carbocycles. The Balaban J connectivity index is 2.03. The molecule has 1 saturated carbocycles. The van der Waals surface area contributed by atoms with Crippen molar-refractivity contribution < 1.29 is 15.0 Å². The number of hydrogen-bond acceptors (Lipinski definition) is 4. The second-order valence-corrected chi connectivity index (χ2v) is 5.67. The molecule has 0 atom stereocenters. The molecule has 3 rings (SSSR count). The van der Waals surface area contributed by atoms with Crippen molar-refractivity contribution in [3.8, 4) is 0 Å². The highest BCUT2D eigenvalue weighted by Crippen LogP contribution is 2.32. The van der Waals surface area contributed by atoms with Crippen LogP contribution in [0.15, 0.2) is 24.4 Å². The van der Waals surface area contributed by atoms with Crippen molar-refractivity contribution in [1.29, 1.82) is 0 Å². The van der Waals surface area contributed by atoms with E-state index in [9.17, 15) is 15.0 Å². The number of fused-ring (bicyclic) bond motifs is 1. The Kier molecular flexibility index (Phi) is 3.55. The summed E-state index contributed by atoms with van der Waals surface area (Å²) in [5.74, 6) is -0.690. The normalized spacial score (nSPS) is 17.8. The minimum absolute atomic E-state index is 0.0140. The van der Waals surface area contributed by atoms with Gasteiger partial charge in [0.05, 0.1) is 12.1 Å². The van der Waals surface area contributed by atoms with E-state index in [0.29, 0.717) is 11.5 Å². The molecule has 2 heterocycles. The Morgan fingerprint density at radius 2 is 2.10 bits per heavy atom. The van der Waals surface area contributed by atoms with Crippen LogP contribution in [-0.4, -0.2) is 37.7 Å². The quantitative estimate of drug-likeness (QED) is 0.802. The molecule has 0 aromatic carbocycles. The van der Waals surface area contributed by atoms with Gasteiger partial charge >= 0.3 is 5.97 Å². The molecule has 2 aromatic heterocycles. The average molecular weight is 289 g/mol. The molecule has 0 spiro atoms. The lowest BCUT2D eigenvalue weighted by Crippen LogP contribution is -2.44. The van der Waals surface area contributed by atoms with Crippen LogP contribution in [-0.2, 0) is 0 Å². The first-order valence-corrected chi connectivity index (χ1v) is 7.25. The van der Waals surface area contributed by atoms with Gasteiger partial charge in [0, 0.05) is 6.20 Å². The summed E-state index contributed by atoms with van der Waals surface area (Å²) in [7, 11) is 0. The Hall–Kier alpha value is -2.08. The van der Waals surface area contributed by atoms with E-state index in [1.807, 2.05) is 6.07 Å². The summed E-state index contributed by atoms with van der Waals surface area (Å²) < 4.78 is 1.55. The molecule has 21 heavy (non-hydrogen) atoms. The van der Waals surface area contributed by atoms with Gasteiger partial charge in [-0.05, 0) is 25.0 Å². The summed E-state index contributed by atoms with van der Waals surface area (Å²) in [5.41, 5.74) is 0.241. The number of imidazole rings is 1. The van der Waals surface area contributed by atoms with Crippen LogP contribution in [0.3, 0.4) is 0 Å². The zero-order valence-corrected chi connectivity index (χ0v) is 11.7. The monoisotopic (exact) mass is 289 g/mol. The molecular formula is C15H19N3O3. The van der Waals surface area contributed by atoms with Crippen LogP contribution in [0.1, 0.15) is 42.6 Å². The van der Waals surface area contributed by atoms with E-state index in [4.69, 9.17) is 0 Å². The molecule has 3 N–H and O–H groups in total. The van der Waals surface area contributed by atoms with Gasteiger partial charge in [0.25, 0.3) is 0 Å². The lowest BCUT2D eigenvalue weighted by molar-refractivity contribution is 0.0690. The molecule has 1 aliphatic rings. The van der Waals surface area contributed by atoms with Crippen LogP contribution in [0.25, 0.3) is 5.65 Å². The van der Waals surface area contributed by atoms with Gasteiger partial charge in [-0.25, -0.2) is 9.78 Å². The van der Waals surface area contributed by atoms with Crippen LogP contribution in [0, 0.1) is 0 Å². The van der Waals surface area contributed by atoms with E-state index in [1.165, 1.54) is 0 Å². The van der Waals surface area contributed by atoms with Crippen molar-refractivity contribution in [3.05, 3.63) is 30.1 Å². The summed E-state index contributed by atoms with van der Waals surface area (Å²) in [6.45, 7) is -0.0140. The minimum Gasteiger partial charge on any atom is -0.476 e. The first kappa shape index (κ1) is 13.9. The Morgan fingerprint density at radius 3 is 2.76 bits per heavy atom. The molecule has 0 saturated heterocycles. The zero-order valence-electron chi connectivity index (χ0n) is 11.7. The van der Waals surface area contributed by atoms with Gasteiger partial charge in [-0.3, -0.25) is 4.40 Å². The number of carbonyl (C=O) groups is 1. The second kappa shape index (κ2) is 5.37. The number of aromatic nitrogens is 2. The molecule has 6 heteroatoms. The number of pyridine rings is 1. The molecule has 2 aromatic rings. The standard InChI is InChI=1S/C15H19N3O3/c19-10-15(7-3-1-4-8-15)17-13-12(14(20)21)18-9-5-2-6-11(18)16-13/h2,5-6,9,17,19H,1,3-4,7-8,10H2,(H,20,21). The Labute approximate surface area is 122 Å². The number of carboxylic acids is 1. The summed E-state index contributed by atoms with van der Waals surface area (Å²) in [4.78, 5) is 15.9. The van der Waals surface area contributed by atoms with Crippen LogP contribution < -0.4 is 5.32 Å². The van der Waals surface area contributed by atoms with Gasteiger partial charge < -0.3 is 15.5 Å². The Bertz CT molecular complexity index is 659. The molecule has 1 fully saturated rings. The van der Waals surface area contributed by atoms with E-state index >= 15 is 0 Å². The lowest BCUT2D eigenvalue weighted by Gasteiger charge is -2.36. The fourth-order valence-corrected chi connectivity index (χ4v) is 3.09. The molecule has 0 radical (unpaired) electrons. The summed E-state index contributed by atoms with van der Waals surface area (Å²) >= 11 is 0. The van der Waals surface area contributed by atoms with E-state index in [-0.39, 0.29) is 12.3 Å². The fraction of sp³-hybridized carbons (Fsp3) is 0.467. The average Bonchev–Trinajstić information content (AvgIpc) is 2.85. The third-order valence-electron chi connectivity index (χ3n) is 4.23. The van der Waals surface area contributed by atoms with Gasteiger partial charge in [0.1, 0.15) is 5.65 Å². The highest BCUT2D eigenvalue weighted by molar-refractivity contribution is 5.93. The first-order chi connectivity index (χ1) is 10.2. The second-order valence-electron chi connectivity index (χ2n) is 5.67. The molecule has 0 bridgehead atoms. The number of anilines is 1. The van der Waals surface area contributed by atoms with Crippen molar-refractivity contribution >= 4 is 17.4 Å². The zero-order chi connectivity index (χ0) is 14.9. The molecule has 112 valence electrons. The highest BCUT2D eigenvalue weighted by Gasteiger charge is 2.33. The van der Waals surface area contributed by atoms with Gasteiger partial charge in [0.15, 0.2) is 11.5 Å². The number of aromatic carboxylic acids is 1. The number of aliphatic hydroxyl groups is 1. The number of rotatable bonds is 4. The fourth-order valence-electron chi connectivity index (χ4n) is 3.09. The maximum atomic E-state index is 11.6. The number of hydrogen-bond donors (Lipinski definition) is 3. The van der Waals surface area contributed by atoms with Crippen LogP contribution in [0.2, 0.25) is 0 Å². The summed E-state index contributed by atoms with van der Waals surface area (Å²) in [6.07, 6.45) is 6.56. The van der Waals surface area contributed by atoms with Crippen molar-refractivity contribution in [2.45, 2.75) is 37.6 Å². The number of aliphatic hydroxyl groups excluding tert-OH is 1. The largest absolute Gasteiger partial charge is 0.476 e. The predicted molar refractivity (Wildman–Crippen MR) is 78.7 cm³/mol. The first-order valence-electron chi connectivity index (χ1n) is 7.25. The molecular weight excluding hydrogens is 270 g/mol. The van der Waals surface area contributed by atoms with Crippen LogP contribution in [0.4, 0.5) is 5.82 Å². The van der Waals surface area contributed by atoms with Crippen molar-refractivity contribution in [2.24, 2.45) is 0 Å². The summed E-state index contributed by atoms with van der Waals surface area (Å²) in [5, 5.41) is 22.5. The molecule has 0 aliphatic heterocycles. The maximum absolute atomic E-state index is 11.6. The topological polar surface area (TPSA) is 86.9 Å². The number of nitrogens with one attached hydrogen (secondary N) is 1. The van der Waals surface area contributed by atoms with E-state index in [0.717, 1.165) is 32.1 Å². The third-order valence-corrected chi connectivity index (χ3v) is 4.23. The third kappa shape index (κ3) is 2.47. The molecule has 6 nitrogen and oxygen atoms in total. The SMILES string of the molecule is O=C(O)c1c(NC2(CO)CCCCC2)nc2ccccn12. The van der Waals surface area contributed by atoms with E-state index < -0.39 is 11.5 Å². The van der Waals surface area contributed by atoms with Gasteiger partial charge in [-0.1, -0.05) is 25.3 Å². The smallest absolute Gasteiger partial charge is 0.356 e. The molecule has 0 amide bonds. The van der Waals surface area contributed by atoms with Crippen LogP contribution in [0.5, 0.6) is 0 Å². The van der Waals surface area contributed by atoms with Crippen molar-refractivity contribution in [1.82, 2.24) is 9.38 Å². The maximum Gasteiger partial charge on any atom is 0.356 e. The van der Waals surface area contributed by atoms with E-state index in [1.54, 1.807) is 22.7 Å². The minimum atomic E-state index is -1.03. The van der Waals surface area contributed by atoms with Crippen molar-refractivity contribution in [2.75, 3.05) is 11.9 Å². The van der Waals surface area contributed by atoms with E-state index in [2.05, 4.69) is 10.3 Å². The molecule has 0 unspecified atom stereocenters. The predicted octanol–water partition coefficient (Wildman–Crippen LogP) is 2.14. The number of nitrogens with zero attached hydrogens (tertiary/aromatic N) is 2. The number of carboxylic acid groups (broad SMARTS) is 1. The van der Waals surface area contributed by atoms with Crippen molar-refractivity contribution in [3.63, 3.8) is 0 Å². The Morgan fingerprint density at radius 1 is 1.33 bits per heavy atom.